The van der Waals surface area contributed by atoms with Crippen molar-refractivity contribution in [1.82, 2.24) is 19.9 Å². The standard InChI is InChI=1S/C16H24.C15H23N.C14H21N.C13H19N.C13H16.C12H17N/c1-15(2,3)16(12-8-5-9-13-16)14-10-6-4-7-11-14;1-14(2,3)15(9-5-4-6-10-15)13-7-11-16-12-8-13;1-13(2,3)14(8-4-5-9-14)12-6-10-15-11-7-12;1-12(2,3)13(7-4-8-13)11-5-9-14-10-6-11;1-13(2,3)11-7-10-12-8-5-4-6-9-12;1-11(2,3)12(6-7-12)10-4-8-13-9-5-10/h4,6-7,10-11H,5,8-9,12-13H2,1-3H3;7-8,11-12H,4-6,9-10H2,1-3H3;6-7,10-11H,4-5,8-9H2,1-3H3;5-6,9-10H,4,7-8H2,1-3H3;4-6,8-9H,11H2,1-3H3;4-5,8-9H,6-7H2,1-3H3. The van der Waals surface area contributed by atoms with Crippen molar-refractivity contribution in [3.8, 4) is 11.8 Å². The van der Waals surface area contributed by atoms with Crippen molar-refractivity contribution >= 4 is 0 Å². The van der Waals surface area contributed by atoms with Gasteiger partial charge in [0.05, 0.1) is 0 Å². The van der Waals surface area contributed by atoms with Crippen LogP contribution in [0.3, 0.4) is 0 Å². The van der Waals surface area contributed by atoms with Crippen LogP contribution in [0.5, 0.6) is 0 Å². The van der Waals surface area contributed by atoms with Gasteiger partial charge in [-0.15, -0.1) is 0 Å². The summed E-state index contributed by atoms with van der Waals surface area (Å²) in [6, 6.07) is 38.8. The molecule has 4 heterocycles. The van der Waals surface area contributed by atoms with Crippen LogP contribution < -0.4 is 0 Å². The minimum absolute atomic E-state index is 0.307. The lowest BCUT2D eigenvalue weighted by Crippen LogP contribution is -2.45. The predicted molar refractivity (Wildman–Crippen MR) is 374 cm³/mol. The van der Waals surface area contributed by atoms with Crippen molar-refractivity contribution in [3.63, 3.8) is 0 Å². The van der Waals surface area contributed by atoms with Gasteiger partial charge in [-0.05, 0) is 185 Å². The Labute approximate surface area is 533 Å². The van der Waals surface area contributed by atoms with Gasteiger partial charge in [-0.2, -0.15) is 0 Å². The van der Waals surface area contributed by atoms with Crippen LogP contribution in [0.2, 0.25) is 0 Å². The molecule has 5 fully saturated rings. The maximum atomic E-state index is 4.15. The summed E-state index contributed by atoms with van der Waals surface area (Å²) in [4.78, 5) is 16.5. The highest BCUT2D eigenvalue weighted by atomic mass is 14.6. The molecule has 11 rings (SSSR count). The minimum atomic E-state index is 0.307. The lowest BCUT2D eigenvalue weighted by Gasteiger charge is -2.52. The van der Waals surface area contributed by atoms with E-state index in [1.807, 2.05) is 79.9 Å². The molecule has 5 saturated carbocycles. The second-order valence-electron chi connectivity index (χ2n) is 33.1. The molecule has 0 aliphatic heterocycles. The SMILES string of the molecule is CC(C)(C)C1(c2ccccc2)CCCCC1.CC(C)(C)C1(c2ccncc2)CC1.CC(C)(C)C1(c2ccncc2)CCC1.CC(C)(C)C1(c2ccncc2)CCCC1.CC(C)(C)C1(c2ccncc2)CCCCC1.CC(C)(C)CC#Cc1ccccc1. The van der Waals surface area contributed by atoms with E-state index in [9.17, 15) is 0 Å². The molecule has 0 saturated heterocycles. The van der Waals surface area contributed by atoms with Crippen molar-refractivity contribution in [2.75, 3.05) is 0 Å². The zero-order valence-corrected chi connectivity index (χ0v) is 58.4. The summed E-state index contributed by atoms with van der Waals surface area (Å²) in [6.07, 6.45) is 42.2. The fraction of sp³-hybridized carbons (Fsp3) is 0.590. The molecule has 4 nitrogen and oxygen atoms in total. The van der Waals surface area contributed by atoms with E-state index in [0.717, 1.165) is 12.0 Å². The van der Waals surface area contributed by atoms with E-state index >= 15 is 0 Å². The quantitative estimate of drug-likeness (QED) is 0.161. The molecule has 2 aromatic carbocycles. The van der Waals surface area contributed by atoms with E-state index in [1.54, 1.807) is 5.56 Å². The molecule has 87 heavy (non-hydrogen) atoms. The number of hydrogen-bond acceptors (Lipinski definition) is 4. The summed E-state index contributed by atoms with van der Waals surface area (Å²) in [5.41, 5.74) is 12.7. The maximum Gasteiger partial charge on any atom is 0.0270 e. The maximum absolute atomic E-state index is 4.15. The summed E-state index contributed by atoms with van der Waals surface area (Å²) < 4.78 is 0. The molecule has 6 aromatic rings. The molecule has 472 valence electrons. The zero-order chi connectivity index (χ0) is 63.7. The van der Waals surface area contributed by atoms with Crippen LogP contribution in [0.4, 0.5) is 0 Å². The highest BCUT2D eigenvalue weighted by molar-refractivity contribution is 5.35. The van der Waals surface area contributed by atoms with Crippen LogP contribution >= 0.6 is 0 Å². The minimum Gasteiger partial charge on any atom is -0.265 e. The molecule has 0 radical (unpaired) electrons. The first-order valence-corrected chi connectivity index (χ1v) is 34.1. The van der Waals surface area contributed by atoms with Gasteiger partial charge in [0.2, 0.25) is 0 Å². The van der Waals surface area contributed by atoms with Crippen molar-refractivity contribution < 1.29 is 0 Å². The van der Waals surface area contributed by atoms with Gasteiger partial charge in [0.1, 0.15) is 0 Å². The predicted octanol–water partition coefficient (Wildman–Crippen LogP) is 23.4. The van der Waals surface area contributed by atoms with Gasteiger partial charge in [-0.25, -0.2) is 0 Å². The third kappa shape index (κ3) is 17.9. The Hall–Kier alpha value is -5.40. The van der Waals surface area contributed by atoms with Crippen molar-refractivity contribution in [2.24, 2.45) is 32.5 Å². The van der Waals surface area contributed by atoms with E-state index < -0.39 is 0 Å². The molecule has 0 bridgehead atoms. The van der Waals surface area contributed by atoms with Crippen LogP contribution in [0.1, 0.15) is 286 Å². The van der Waals surface area contributed by atoms with Gasteiger partial charge < -0.3 is 0 Å². The number of rotatable bonds is 5. The van der Waals surface area contributed by atoms with Crippen molar-refractivity contribution in [2.45, 2.75) is 280 Å². The molecule has 0 atom stereocenters. The Balaban J connectivity index is 0.000000167. The van der Waals surface area contributed by atoms with Gasteiger partial charge in [0.25, 0.3) is 0 Å². The average molecular weight is 1170 g/mol. The highest BCUT2D eigenvalue weighted by Gasteiger charge is 2.53. The Morgan fingerprint density at radius 1 is 0.276 bits per heavy atom. The topological polar surface area (TPSA) is 51.6 Å². The normalized spacial score (nSPS) is 18.9. The van der Waals surface area contributed by atoms with Crippen molar-refractivity contribution in [3.05, 3.63) is 192 Å². The Kier molecular flexibility index (Phi) is 24.3. The number of nitrogens with zero attached hydrogens (tertiary/aromatic N) is 4. The largest absolute Gasteiger partial charge is 0.265 e. The van der Waals surface area contributed by atoms with Crippen LogP contribution in [-0.4, -0.2) is 19.9 Å². The molecule has 5 aliphatic rings. The molecule has 0 amide bonds. The van der Waals surface area contributed by atoms with Gasteiger partial charge in [-0.1, -0.05) is 243 Å². The lowest BCUT2D eigenvalue weighted by atomic mass is 9.52. The molecule has 4 aromatic heterocycles. The lowest BCUT2D eigenvalue weighted by molar-refractivity contribution is 0.0851. The number of aromatic nitrogens is 4. The number of benzene rings is 2. The Morgan fingerprint density at radius 3 is 0.736 bits per heavy atom. The number of pyridine rings is 4. The van der Waals surface area contributed by atoms with E-state index in [-0.39, 0.29) is 0 Å². The van der Waals surface area contributed by atoms with E-state index in [2.05, 4.69) is 235 Å². The van der Waals surface area contributed by atoms with Gasteiger partial charge >= 0.3 is 0 Å². The molecule has 4 heteroatoms. The Bertz CT molecular complexity index is 2870. The molecule has 0 unspecified atom stereocenters. The summed E-state index contributed by atoms with van der Waals surface area (Å²) in [7, 11) is 0. The van der Waals surface area contributed by atoms with Gasteiger partial charge in [-0.3, -0.25) is 19.9 Å². The van der Waals surface area contributed by atoms with Crippen LogP contribution in [0.25, 0.3) is 0 Å². The van der Waals surface area contributed by atoms with E-state index in [1.165, 1.54) is 144 Å². The summed E-state index contributed by atoms with van der Waals surface area (Å²) in [5.74, 6) is 6.34. The molecular weight excluding hydrogens is 1050 g/mol. The zero-order valence-electron chi connectivity index (χ0n) is 58.4. The molecule has 5 aliphatic carbocycles. The van der Waals surface area contributed by atoms with Gasteiger partial charge in [0.15, 0.2) is 0 Å². The van der Waals surface area contributed by atoms with E-state index in [0.29, 0.717) is 59.6 Å². The first-order chi connectivity index (χ1) is 40.9. The summed E-state index contributed by atoms with van der Waals surface area (Å²) in [6.45, 7) is 42.2. The third-order valence-corrected chi connectivity index (χ3v) is 21.9. The average Bonchev–Trinajstić information content (AvgIpc) is 1.82. The third-order valence-electron chi connectivity index (χ3n) is 21.9. The summed E-state index contributed by atoms with van der Waals surface area (Å²) in [5, 5.41) is 0. The van der Waals surface area contributed by atoms with Crippen molar-refractivity contribution in [1.29, 1.82) is 0 Å². The monoisotopic (exact) mass is 1170 g/mol. The molecule has 0 spiro atoms. The fourth-order valence-electron chi connectivity index (χ4n) is 15.7. The van der Waals surface area contributed by atoms with Gasteiger partial charge in [0, 0.05) is 88.6 Å². The smallest absolute Gasteiger partial charge is 0.0270 e. The van der Waals surface area contributed by atoms with E-state index in [4.69, 9.17) is 0 Å². The first kappa shape index (κ1) is 70.7. The van der Waals surface area contributed by atoms with Crippen LogP contribution in [-0.2, 0) is 27.1 Å². The summed E-state index contributed by atoms with van der Waals surface area (Å²) >= 11 is 0. The highest BCUT2D eigenvalue weighted by Crippen LogP contribution is 2.60. The first-order valence-electron chi connectivity index (χ1n) is 34.1. The Morgan fingerprint density at radius 2 is 0.506 bits per heavy atom. The fourth-order valence-corrected chi connectivity index (χ4v) is 15.7. The van der Waals surface area contributed by atoms with Crippen LogP contribution in [0, 0.1) is 44.3 Å². The number of hydrogen-bond donors (Lipinski definition) is 0. The molecular formula is C83H120N4. The molecule has 0 N–H and O–H groups in total. The van der Waals surface area contributed by atoms with Crippen LogP contribution in [0.15, 0.2) is 159 Å². The second kappa shape index (κ2) is 29.9. The second-order valence-corrected chi connectivity index (χ2v) is 33.1.